The number of unbranched alkanes of at least 4 members (excludes halogenated alkanes) is 3. The molecule has 0 radical (unpaired) electrons. The fourth-order valence-electron chi connectivity index (χ4n) is 2.49. The highest BCUT2D eigenvalue weighted by Crippen LogP contribution is 2.30. The van der Waals surface area contributed by atoms with E-state index in [0.29, 0.717) is 10.0 Å². The second-order valence-corrected chi connectivity index (χ2v) is 6.19. The highest BCUT2D eigenvalue weighted by Gasteiger charge is 2.14. The summed E-state index contributed by atoms with van der Waals surface area (Å²) in [5.74, 6) is -0.154. The van der Waals surface area contributed by atoms with Gasteiger partial charge in [-0.25, -0.2) is 4.98 Å². The molecule has 2 rings (SSSR count). The normalized spacial score (nSPS) is 12.0. The molecule has 0 amide bonds. The molecular weight excluding hydrogens is 317 g/mol. The maximum atomic E-state index is 9.35. The van der Waals surface area contributed by atoms with E-state index in [-0.39, 0.29) is 5.92 Å². The minimum atomic E-state index is -0.154. The van der Waals surface area contributed by atoms with Crippen LogP contribution in [0.3, 0.4) is 0 Å². The Hall–Kier alpha value is -1.50. The molecule has 0 N–H and O–H groups in total. The SMILES string of the molecule is N#CC(CCCCCCn1ccnc1)c1ccc(Cl)cc1Cl. The van der Waals surface area contributed by atoms with E-state index in [9.17, 15) is 5.26 Å². The molecule has 0 aliphatic heterocycles. The summed E-state index contributed by atoms with van der Waals surface area (Å²) in [7, 11) is 0. The van der Waals surface area contributed by atoms with Crippen LogP contribution in [0.4, 0.5) is 0 Å². The highest BCUT2D eigenvalue weighted by atomic mass is 35.5. The summed E-state index contributed by atoms with van der Waals surface area (Å²) in [6.07, 6.45) is 10.9. The zero-order valence-electron chi connectivity index (χ0n) is 12.4. The van der Waals surface area contributed by atoms with Gasteiger partial charge in [0, 0.05) is 29.0 Å². The number of halogens is 2. The molecule has 116 valence electrons. The molecule has 22 heavy (non-hydrogen) atoms. The minimum Gasteiger partial charge on any atom is -0.337 e. The average molecular weight is 336 g/mol. The molecule has 0 aliphatic carbocycles. The Morgan fingerprint density at radius 3 is 2.68 bits per heavy atom. The number of rotatable bonds is 8. The lowest BCUT2D eigenvalue weighted by atomic mass is 9.94. The third kappa shape index (κ3) is 5.05. The molecule has 0 spiro atoms. The maximum Gasteiger partial charge on any atom is 0.0945 e. The van der Waals surface area contributed by atoms with Crippen LogP contribution in [0.25, 0.3) is 0 Å². The van der Waals surface area contributed by atoms with Crippen molar-refractivity contribution in [1.29, 1.82) is 5.26 Å². The van der Waals surface area contributed by atoms with Gasteiger partial charge in [-0.15, -0.1) is 0 Å². The number of aromatic nitrogens is 2. The largest absolute Gasteiger partial charge is 0.337 e. The van der Waals surface area contributed by atoms with Crippen LogP contribution in [-0.2, 0) is 6.54 Å². The van der Waals surface area contributed by atoms with Crippen LogP contribution in [0.5, 0.6) is 0 Å². The van der Waals surface area contributed by atoms with Crippen molar-refractivity contribution in [2.24, 2.45) is 0 Å². The molecule has 0 saturated heterocycles. The Balaban J connectivity index is 1.71. The lowest BCUT2D eigenvalue weighted by molar-refractivity contribution is 0.551. The van der Waals surface area contributed by atoms with E-state index < -0.39 is 0 Å². The van der Waals surface area contributed by atoms with E-state index in [1.807, 2.05) is 18.6 Å². The number of aryl methyl sites for hydroxylation is 1. The first-order chi connectivity index (χ1) is 10.7. The molecular formula is C17H19Cl2N3. The smallest absolute Gasteiger partial charge is 0.0945 e. The predicted octanol–water partition coefficient (Wildman–Crippen LogP) is 5.45. The van der Waals surface area contributed by atoms with E-state index >= 15 is 0 Å². The molecule has 1 aromatic heterocycles. The van der Waals surface area contributed by atoms with Crippen molar-refractivity contribution in [3.8, 4) is 6.07 Å². The highest BCUT2D eigenvalue weighted by molar-refractivity contribution is 6.35. The number of imidazole rings is 1. The van der Waals surface area contributed by atoms with Gasteiger partial charge in [-0.3, -0.25) is 0 Å². The summed E-state index contributed by atoms with van der Waals surface area (Å²) in [4.78, 5) is 4.02. The van der Waals surface area contributed by atoms with Gasteiger partial charge in [0.25, 0.3) is 0 Å². The standard InChI is InChI=1S/C17H19Cl2N3/c18-15-6-7-16(17(19)11-15)14(12-20)5-3-1-2-4-9-22-10-8-21-13-22/h6-8,10-11,13-14H,1-5,9H2. The zero-order valence-corrected chi connectivity index (χ0v) is 13.9. The molecule has 3 nitrogen and oxygen atoms in total. The Morgan fingerprint density at radius 1 is 1.18 bits per heavy atom. The van der Waals surface area contributed by atoms with Crippen molar-refractivity contribution in [3.05, 3.63) is 52.5 Å². The van der Waals surface area contributed by atoms with Crippen LogP contribution >= 0.6 is 23.2 Å². The van der Waals surface area contributed by atoms with Gasteiger partial charge >= 0.3 is 0 Å². The van der Waals surface area contributed by atoms with E-state index in [4.69, 9.17) is 23.2 Å². The Kier molecular flexibility index (Phi) is 6.76. The molecule has 0 fully saturated rings. The van der Waals surface area contributed by atoms with Gasteiger partial charge in [0.15, 0.2) is 0 Å². The van der Waals surface area contributed by atoms with Crippen molar-refractivity contribution in [3.63, 3.8) is 0 Å². The van der Waals surface area contributed by atoms with E-state index in [2.05, 4.69) is 15.6 Å². The van der Waals surface area contributed by atoms with Crippen LogP contribution < -0.4 is 0 Å². The first-order valence-electron chi connectivity index (χ1n) is 7.51. The molecule has 0 aliphatic rings. The van der Waals surface area contributed by atoms with Gasteiger partial charge in [-0.1, -0.05) is 48.5 Å². The van der Waals surface area contributed by atoms with Crippen molar-refractivity contribution in [2.75, 3.05) is 0 Å². The van der Waals surface area contributed by atoms with Crippen LogP contribution in [0.1, 0.15) is 43.6 Å². The van der Waals surface area contributed by atoms with Crippen molar-refractivity contribution >= 4 is 23.2 Å². The summed E-state index contributed by atoms with van der Waals surface area (Å²) in [6.45, 7) is 1.00. The van der Waals surface area contributed by atoms with Gasteiger partial charge in [-0.05, 0) is 30.5 Å². The summed E-state index contributed by atoms with van der Waals surface area (Å²) in [5, 5.41) is 10.5. The maximum absolute atomic E-state index is 9.35. The minimum absolute atomic E-state index is 0.154. The first kappa shape index (κ1) is 16.9. The Bertz CT molecular complexity index is 617. The van der Waals surface area contributed by atoms with Crippen LogP contribution in [-0.4, -0.2) is 9.55 Å². The van der Waals surface area contributed by atoms with E-state index in [1.54, 1.807) is 18.3 Å². The molecule has 0 bridgehead atoms. The molecule has 1 unspecified atom stereocenters. The number of hydrogen-bond acceptors (Lipinski definition) is 2. The monoisotopic (exact) mass is 335 g/mol. The second-order valence-electron chi connectivity index (χ2n) is 5.35. The summed E-state index contributed by atoms with van der Waals surface area (Å²) in [6, 6.07) is 7.70. The second kappa shape index (κ2) is 8.82. The lowest BCUT2D eigenvalue weighted by Gasteiger charge is -2.11. The van der Waals surface area contributed by atoms with Gasteiger partial charge in [-0.2, -0.15) is 5.26 Å². The number of nitrogens with zero attached hydrogens (tertiary/aromatic N) is 3. The van der Waals surface area contributed by atoms with Crippen LogP contribution in [0.15, 0.2) is 36.9 Å². The number of hydrogen-bond donors (Lipinski definition) is 0. The third-order valence-corrected chi connectivity index (χ3v) is 4.27. The van der Waals surface area contributed by atoms with Crippen molar-refractivity contribution in [1.82, 2.24) is 9.55 Å². The molecule has 1 aromatic carbocycles. The molecule has 1 atom stereocenters. The summed E-state index contributed by atoms with van der Waals surface area (Å²) in [5.41, 5.74) is 0.881. The van der Waals surface area contributed by atoms with Gasteiger partial charge in [0.2, 0.25) is 0 Å². The number of nitriles is 1. The zero-order chi connectivity index (χ0) is 15.8. The van der Waals surface area contributed by atoms with Crippen LogP contribution in [0, 0.1) is 11.3 Å². The average Bonchev–Trinajstić information content (AvgIpc) is 3.01. The van der Waals surface area contributed by atoms with Crippen LogP contribution in [0.2, 0.25) is 10.0 Å². The van der Waals surface area contributed by atoms with E-state index in [0.717, 1.165) is 44.2 Å². The van der Waals surface area contributed by atoms with E-state index in [1.165, 1.54) is 0 Å². The topological polar surface area (TPSA) is 41.6 Å². The molecule has 0 saturated carbocycles. The summed E-state index contributed by atoms with van der Waals surface area (Å²) >= 11 is 12.1. The quantitative estimate of drug-likeness (QED) is 0.602. The fourth-order valence-corrected chi connectivity index (χ4v) is 3.03. The van der Waals surface area contributed by atoms with Crippen molar-refractivity contribution < 1.29 is 0 Å². The van der Waals surface area contributed by atoms with Gasteiger partial charge < -0.3 is 4.57 Å². The van der Waals surface area contributed by atoms with Crippen molar-refractivity contribution in [2.45, 2.75) is 44.6 Å². The van der Waals surface area contributed by atoms with Gasteiger partial charge in [0.05, 0.1) is 18.3 Å². The predicted molar refractivity (Wildman–Crippen MR) is 90.1 cm³/mol. The van der Waals surface area contributed by atoms with Gasteiger partial charge in [0.1, 0.15) is 0 Å². The summed E-state index contributed by atoms with van der Waals surface area (Å²) < 4.78 is 2.09. The molecule has 2 aromatic rings. The molecule has 1 heterocycles. The Labute approximate surface area is 141 Å². The fraction of sp³-hybridized carbons (Fsp3) is 0.412. The third-order valence-electron chi connectivity index (χ3n) is 3.71. The Morgan fingerprint density at radius 2 is 2.00 bits per heavy atom. The molecule has 5 heteroatoms. The lowest BCUT2D eigenvalue weighted by Crippen LogP contribution is -1.98. The number of benzene rings is 1. The first-order valence-corrected chi connectivity index (χ1v) is 8.26.